The van der Waals surface area contributed by atoms with Crippen molar-refractivity contribution in [3.8, 4) is 11.4 Å². The Balaban J connectivity index is 1.31. The van der Waals surface area contributed by atoms with Crippen molar-refractivity contribution in [2.75, 3.05) is 56.5 Å². The van der Waals surface area contributed by atoms with E-state index in [2.05, 4.69) is 37.2 Å². The molecule has 0 amide bonds. The Labute approximate surface area is 226 Å². The number of piperazine rings is 1. The van der Waals surface area contributed by atoms with Crippen LogP contribution in [-0.4, -0.2) is 86.7 Å². The van der Waals surface area contributed by atoms with Gasteiger partial charge in [-0.25, -0.2) is 18.9 Å². The highest BCUT2D eigenvalue weighted by Gasteiger charge is 2.30. The third kappa shape index (κ3) is 5.28. The minimum absolute atomic E-state index is 0.0849. The summed E-state index contributed by atoms with van der Waals surface area (Å²) in [6.45, 7) is 7.17. The molecule has 0 saturated carbocycles. The lowest BCUT2D eigenvalue weighted by Gasteiger charge is -2.42. The van der Waals surface area contributed by atoms with Gasteiger partial charge in [0.1, 0.15) is 5.82 Å². The van der Waals surface area contributed by atoms with Crippen LogP contribution in [0.25, 0.3) is 16.9 Å². The first-order valence-electron chi connectivity index (χ1n) is 13.5. The summed E-state index contributed by atoms with van der Waals surface area (Å²) < 4.78 is 31.2. The van der Waals surface area contributed by atoms with E-state index in [0.717, 1.165) is 43.5 Å². The van der Waals surface area contributed by atoms with E-state index in [0.29, 0.717) is 30.6 Å². The second-order valence-corrected chi connectivity index (χ2v) is 10.4. The van der Waals surface area contributed by atoms with Gasteiger partial charge in [0.15, 0.2) is 17.5 Å². The number of aromatic nitrogens is 5. The minimum Gasteiger partial charge on any atom is -0.359 e. The molecule has 1 atom stereocenters. The van der Waals surface area contributed by atoms with Crippen LogP contribution in [0.5, 0.6) is 0 Å². The van der Waals surface area contributed by atoms with E-state index in [1.165, 1.54) is 18.9 Å². The zero-order valence-electron chi connectivity index (χ0n) is 22.3. The number of halogens is 2. The van der Waals surface area contributed by atoms with Gasteiger partial charge in [-0.3, -0.25) is 9.88 Å². The van der Waals surface area contributed by atoms with Crippen LogP contribution in [0.2, 0.25) is 0 Å². The molecule has 1 N–H and O–H groups in total. The van der Waals surface area contributed by atoms with E-state index in [1.54, 1.807) is 16.8 Å². The first-order valence-corrected chi connectivity index (χ1v) is 13.5. The van der Waals surface area contributed by atoms with Gasteiger partial charge in [-0.05, 0) is 64.2 Å². The van der Waals surface area contributed by atoms with Crippen molar-refractivity contribution in [3.63, 3.8) is 0 Å². The molecule has 11 heteroatoms. The average molecular weight is 534 g/mol. The lowest BCUT2D eigenvalue weighted by molar-refractivity contribution is 0.115. The lowest BCUT2D eigenvalue weighted by Crippen LogP contribution is -2.53. The monoisotopic (exact) mass is 533 g/mol. The van der Waals surface area contributed by atoms with Gasteiger partial charge in [-0.1, -0.05) is 6.07 Å². The molecule has 2 aliphatic rings. The molecule has 0 aliphatic carbocycles. The van der Waals surface area contributed by atoms with Crippen LogP contribution in [0.15, 0.2) is 48.9 Å². The van der Waals surface area contributed by atoms with Crippen LogP contribution in [0.1, 0.15) is 31.5 Å². The predicted molar refractivity (Wildman–Crippen MR) is 147 cm³/mol. The maximum Gasteiger partial charge on any atom is 0.207 e. The van der Waals surface area contributed by atoms with Crippen LogP contribution in [0.3, 0.4) is 0 Å². The summed E-state index contributed by atoms with van der Waals surface area (Å²) in [6, 6.07) is 8.87. The largest absolute Gasteiger partial charge is 0.359 e. The van der Waals surface area contributed by atoms with E-state index in [4.69, 9.17) is 4.98 Å². The predicted octanol–water partition coefficient (Wildman–Crippen LogP) is 3.85. The summed E-state index contributed by atoms with van der Waals surface area (Å²) in [7, 11) is 2.17. The van der Waals surface area contributed by atoms with E-state index < -0.39 is 17.7 Å². The molecule has 0 bridgehead atoms. The van der Waals surface area contributed by atoms with Crippen LogP contribution in [0.4, 0.5) is 20.4 Å². The van der Waals surface area contributed by atoms with E-state index in [9.17, 15) is 4.39 Å². The van der Waals surface area contributed by atoms with Gasteiger partial charge in [-0.2, -0.15) is 9.49 Å². The third-order valence-electron chi connectivity index (χ3n) is 7.87. The Hall–Kier alpha value is -3.70. The number of rotatable bonds is 6. The standard InChI is InChI=1S/C28H33F2N9/c1-19(23-7-6-20(29)17-31-23)33-27-25(30)28(35-26(34-27)22-18-32-39-10-4-3-5-24(22)39)38-15-13-37(14-16-38)21-8-11-36(2)12-9-21/h3-7,10,17-19,21H,8-9,11-16H2,1-2H3,(H,33,34,35)/t19-/m0/s1. The van der Waals surface area contributed by atoms with Crippen molar-refractivity contribution < 1.29 is 8.78 Å². The van der Waals surface area contributed by atoms with Crippen LogP contribution in [0, 0.1) is 11.6 Å². The first-order chi connectivity index (χ1) is 19.0. The fourth-order valence-electron chi connectivity index (χ4n) is 5.55. The van der Waals surface area contributed by atoms with E-state index >= 15 is 4.39 Å². The Morgan fingerprint density at radius 1 is 0.949 bits per heavy atom. The van der Waals surface area contributed by atoms with Crippen molar-refractivity contribution in [2.24, 2.45) is 0 Å². The second kappa shape index (κ2) is 10.8. The van der Waals surface area contributed by atoms with Crippen molar-refractivity contribution in [2.45, 2.75) is 31.8 Å². The Morgan fingerprint density at radius 3 is 2.49 bits per heavy atom. The molecule has 0 spiro atoms. The van der Waals surface area contributed by atoms with Gasteiger partial charge in [0, 0.05) is 38.4 Å². The van der Waals surface area contributed by atoms with Gasteiger partial charge in [0.25, 0.3) is 0 Å². The molecule has 2 fully saturated rings. The molecule has 0 aromatic carbocycles. The molecule has 6 rings (SSSR count). The van der Waals surface area contributed by atoms with E-state index in [-0.39, 0.29) is 11.6 Å². The lowest BCUT2D eigenvalue weighted by atomic mass is 10.0. The summed E-state index contributed by atoms with van der Waals surface area (Å²) in [6.07, 6.45) is 7.05. The molecule has 9 nitrogen and oxygen atoms in total. The van der Waals surface area contributed by atoms with Gasteiger partial charge < -0.3 is 15.1 Å². The molecular weight excluding hydrogens is 500 g/mol. The summed E-state index contributed by atoms with van der Waals surface area (Å²) in [5.74, 6) is -0.165. The van der Waals surface area contributed by atoms with Gasteiger partial charge >= 0.3 is 0 Å². The van der Waals surface area contributed by atoms with Crippen molar-refractivity contribution in [3.05, 3.63) is 66.3 Å². The number of hydrogen-bond donors (Lipinski definition) is 1. The summed E-state index contributed by atoms with van der Waals surface area (Å²) in [5, 5.41) is 7.59. The van der Waals surface area contributed by atoms with Crippen LogP contribution < -0.4 is 10.2 Å². The second-order valence-electron chi connectivity index (χ2n) is 10.4. The smallest absolute Gasteiger partial charge is 0.207 e. The number of fused-ring (bicyclic) bond motifs is 1. The molecule has 2 saturated heterocycles. The highest BCUT2D eigenvalue weighted by Crippen LogP contribution is 2.31. The zero-order valence-corrected chi connectivity index (χ0v) is 22.3. The average Bonchev–Trinajstić information content (AvgIpc) is 3.39. The van der Waals surface area contributed by atoms with Crippen LogP contribution >= 0.6 is 0 Å². The molecule has 2 aliphatic heterocycles. The number of likely N-dealkylation sites (tertiary alicyclic amines) is 1. The van der Waals surface area contributed by atoms with Crippen molar-refractivity contribution in [1.82, 2.24) is 34.4 Å². The summed E-state index contributed by atoms with van der Waals surface area (Å²) in [4.78, 5) is 20.4. The van der Waals surface area contributed by atoms with Gasteiger partial charge in [0.2, 0.25) is 5.82 Å². The summed E-state index contributed by atoms with van der Waals surface area (Å²) >= 11 is 0. The third-order valence-corrected chi connectivity index (χ3v) is 7.87. The number of pyridine rings is 2. The molecular formula is C28H33F2N9. The highest BCUT2D eigenvalue weighted by atomic mass is 19.1. The number of piperidine rings is 1. The van der Waals surface area contributed by atoms with Gasteiger partial charge in [-0.15, -0.1) is 0 Å². The normalized spacial score (nSPS) is 18.5. The quantitative estimate of drug-likeness (QED) is 0.401. The molecule has 0 radical (unpaired) electrons. The van der Waals surface area contributed by atoms with Crippen LogP contribution in [-0.2, 0) is 0 Å². The Morgan fingerprint density at radius 2 is 1.74 bits per heavy atom. The van der Waals surface area contributed by atoms with Crippen molar-refractivity contribution in [1.29, 1.82) is 0 Å². The SMILES string of the molecule is C[C@H](Nc1nc(-c2cnn3ccccc23)nc(N2CCN(C3CCN(C)CC3)CC2)c1F)c1ccc(F)cn1. The number of nitrogens with zero attached hydrogens (tertiary/aromatic N) is 8. The highest BCUT2D eigenvalue weighted by molar-refractivity contribution is 5.77. The number of nitrogens with one attached hydrogen (secondary N) is 1. The maximum atomic E-state index is 16.1. The fraction of sp³-hybridized carbons (Fsp3) is 0.429. The molecule has 4 aromatic rings. The zero-order chi connectivity index (χ0) is 26.9. The molecule has 6 heterocycles. The molecule has 0 unspecified atom stereocenters. The molecule has 4 aromatic heterocycles. The van der Waals surface area contributed by atoms with Crippen molar-refractivity contribution >= 4 is 17.2 Å². The fourth-order valence-corrected chi connectivity index (χ4v) is 5.55. The van der Waals surface area contributed by atoms with Gasteiger partial charge in [0.05, 0.1) is 35.2 Å². The summed E-state index contributed by atoms with van der Waals surface area (Å²) in [5.41, 5.74) is 2.14. The first kappa shape index (κ1) is 25.6. The Bertz CT molecular complexity index is 1430. The maximum absolute atomic E-state index is 16.1. The van der Waals surface area contributed by atoms with E-state index in [1.807, 2.05) is 36.2 Å². The molecule has 39 heavy (non-hydrogen) atoms. The number of anilines is 2. The molecule has 204 valence electrons. The topological polar surface area (TPSA) is 77.7 Å². The Kier molecular flexibility index (Phi) is 7.09. The minimum atomic E-state index is -0.503. The number of hydrogen-bond acceptors (Lipinski definition) is 8.